The monoisotopic (exact) mass is 358 g/mol. The maximum absolute atomic E-state index is 13.2. The van der Waals surface area contributed by atoms with Crippen LogP contribution in [0.2, 0.25) is 0 Å². The topological polar surface area (TPSA) is 42.0 Å². The maximum Gasteiger partial charge on any atom is 0.231 e. The van der Waals surface area contributed by atoms with Crippen molar-refractivity contribution in [3.05, 3.63) is 82.4 Å². The molecule has 0 unspecified atom stereocenters. The van der Waals surface area contributed by atoms with E-state index in [9.17, 15) is 9.18 Å². The van der Waals surface area contributed by atoms with Gasteiger partial charge in [-0.2, -0.15) is 0 Å². The molecular weight excluding hydrogens is 343 g/mol. The Bertz CT molecular complexity index is 777. The van der Waals surface area contributed by atoms with Crippen LogP contribution < -0.4 is 5.32 Å². The molecule has 1 amide bonds. The zero-order chi connectivity index (χ0) is 16.8. The molecule has 0 saturated heterocycles. The van der Waals surface area contributed by atoms with Crippen molar-refractivity contribution in [2.24, 2.45) is 0 Å². The fourth-order valence-electron chi connectivity index (χ4n) is 2.20. The van der Waals surface area contributed by atoms with Crippen LogP contribution in [0.1, 0.15) is 16.5 Å². The van der Waals surface area contributed by atoms with E-state index in [0.717, 1.165) is 15.5 Å². The molecule has 0 saturated carbocycles. The van der Waals surface area contributed by atoms with Gasteiger partial charge in [0.2, 0.25) is 5.91 Å². The summed E-state index contributed by atoms with van der Waals surface area (Å²) < 4.78 is 13.2. The molecule has 0 spiro atoms. The van der Waals surface area contributed by atoms with Gasteiger partial charge in [0.25, 0.3) is 0 Å². The summed E-state index contributed by atoms with van der Waals surface area (Å²) in [7, 11) is 0. The molecule has 6 heteroatoms. The number of carbonyl (C=O) groups excluding carboxylic acids is 1. The highest BCUT2D eigenvalue weighted by atomic mass is 32.2. The Morgan fingerprint density at radius 1 is 1.17 bits per heavy atom. The van der Waals surface area contributed by atoms with E-state index >= 15 is 0 Å². The molecular formula is C18H15FN2OS2. The molecule has 0 aliphatic carbocycles. The van der Waals surface area contributed by atoms with Crippen LogP contribution in [-0.2, 0) is 4.79 Å². The van der Waals surface area contributed by atoms with Gasteiger partial charge in [0, 0.05) is 11.1 Å². The lowest BCUT2D eigenvalue weighted by molar-refractivity contribution is -0.119. The van der Waals surface area contributed by atoms with E-state index in [1.54, 1.807) is 29.7 Å². The van der Waals surface area contributed by atoms with Crippen LogP contribution in [0.3, 0.4) is 0 Å². The van der Waals surface area contributed by atoms with Crippen molar-refractivity contribution in [2.45, 2.75) is 11.1 Å². The van der Waals surface area contributed by atoms with E-state index in [4.69, 9.17) is 0 Å². The lowest BCUT2D eigenvalue weighted by Crippen LogP contribution is -2.30. The lowest BCUT2D eigenvalue weighted by atomic mass is 10.1. The number of hydrogen-bond acceptors (Lipinski definition) is 4. The van der Waals surface area contributed by atoms with Gasteiger partial charge in [0.15, 0.2) is 0 Å². The van der Waals surface area contributed by atoms with Crippen molar-refractivity contribution in [1.29, 1.82) is 0 Å². The molecule has 3 aromatic rings. The fraction of sp³-hybridized carbons (Fsp3) is 0.111. The Morgan fingerprint density at radius 2 is 2.00 bits per heavy atom. The van der Waals surface area contributed by atoms with Gasteiger partial charge in [-0.05, 0) is 41.3 Å². The van der Waals surface area contributed by atoms with Gasteiger partial charge in [-0.25, -0.2) is 9.37 Å². The number of nitrogens with one attached hydrogen (secondary N) is 1. The summed E-state index contributed by atoms with van der Waals surface area (Å²) in [6.45, 7) is 0. The summed E-state index contributed by atoms with van der Waals surface area (Å²) >= 11 is 2.94. The third-order valence-corrected chi connectivity index (χ3v) is 5.21. The van der Waals surface area contributed by atoms with Gasteiger partial charge in [-0.1, -0.05) is 36.0 Å². The molecule has 1 N–H and O–H groups in total. The second-order valence-corrected chi connectivity index (χ2v) is 7.00. The van der Waals surface area contributed by atoms with Crippen LogP contribution in [0.4, 0.5) is 4.39 Å². The first-order valence-electron chi connectivity index (χ1n) is 7.34. The summed E-state index contributed by atoms with van der Waals surface area (Å²) in [5.41, 5.74) is 0.857. The molecule has 122 valence electrons. The van der Waals surface area contributed by atoms with E-state index in [2.05, 4.69) is 10.3 Å². The third kappa shape index (κ3) is 4.43. The SMILES string of the molecule is O=C(CSc1ccccn1)N[C@H](c1ccc(F)cc1)c1cccs1. The van der Waals surface area contributed by atoms with Crippen LogP contribution in [0.25, 0.3) is 0 Å². The number of hydrogen-bond donors (Lipinski definition) is 1. The first-order chi connectivity index (χ1) is 11.7. The highest BCUT2D eigenvalue weighted by molar-refractivity contribution is 7.99. The zero-order valence-corrected chi connectivity index (χ0v) is 14.3. The normalized spacial score (nSPS) is 11.9. The van der Waals surface area contributed by atoms with Gasteiger partial charge in [-0.15, -0.1) is 11.3 Å². The molecule has 0 radical (unpaired) electrons. The number of nitrogens with zero attached hydrogens (tertiary/aromatic N) is 1. The standard InChI is InChI=1S/C18H15FN2OS2/c19-14-8-6-13(7-9-14)18(15-4-3-11-23-15)21-16(22)12-24-17-5-1-2-10-20-17/h1-11,18H,12H2,(H,21,22)/t18-/m1/s1. The van der Waals surface area contributed by atoms with Gasteiger partial charge < -0.3 is 5.32 Å². The van der Waals surface area contributed by atoms with Crippen LogP contribution in [0, 0.1) is 5.82 Å². The maximum atomic E-state index is 13.2. The Morgan fingerprint density at radius 3 is 2.67 bits per heavy atom. The number of rotatable bonds is 6. The number of thiophene rings is 1. The molecule has 2 aromatic heterocycles. The highest BCUT2D eigenvalue weighted by Gasteiger charge is 2.18. The van der Waals surface area contributed by atoms with Crippen molar-refractivity contribution in [3.8, 4) is 0 Å². The molecule has 0 aliphatic rings. The number of thioether (sulfide) groups is 1. The summed E-state index contributed by atoms with van der Waals surface area (Å²) in [6.07, 6.45) is 1.70. The van der Waals surface area contributed by atoms with E-state index in [1.165, 1.54) is 23.9 Å². The van der Waals surface area contributed by atoms with Gasteiger partial charge in [0.1, 0.15) is 5.82 Å². The van der Waals surface area contributed by atoms with Crippen LogP contribution in [0.15, 0.2) is 71.2 Å². The summed E-state index contributed by atoms with van der Waals surface area (Å²) in [5, 5.41) is 5.79. The van der Waals surface area contributed by atoms with Crippen molar-refractivity contribution < 1.29 is 9.18 Å². The number of amides is 1. The average Bonchev–Trinajstić information content (AvgIpc) is 3.14. The largest absolute Gasteiger partial charge is 0.344 e. The van der Waals surface area contributed by atoms with Gasteiger partial charge in [-0.3, -0.25) is 4.79 Å². The van der Waals surface area contributed by atoms with Crippen LogP contribution in [-0.4, -0.2) is 16.6 Å². The average molecular weight is 358 g/mol. The molecule has 2 heterocycles. The predicted molar refractivity (Wildman–Crippen MR) is 95.7 cm³/mol. The van der Waals surface area contributed by atoms with Gasteiger partial charge >= 0.3 is 0 Å². The van der Waals surface area contributed by atoms with E-state index in [-0.39, 0.29) is 23.5 Å². The van der Waals surface area contributed by atoms with E-state index in [0.29, 0.717) is 0 Å². The predicted octanol–water partition coefficient (Wildman–Crippen LogP) is 4.28. The second kappa shape index (κ2) is 8.08. The number of benzene rings is 1. The number of aromatic nitrogens is 1. The fourth-order valence-corrected chi connectivity index (χ4v) is 3.68. The second-order valence-electron chi connectivity index (χ2n) is 5.02. The first kappa shape index (κ1) is 16.7. The third-order valence-electron chi connectivity index (χ3n) is 3.33. The van der Waals surface area contributed by atoms with E-state index < -0.39 is 0 Å². The minimum atomic E-state index is -0.291. The van der Waals surface area contributed by atoms with Crippen molar-refractivity contribution in [3.63, 3.8) is 0 Å². The Labute approximate surface area is 148 Å². The van der Waals surface area contributed by atoms with Crippen molar-refractivity contribution >= 4 is 29.0 Å². The molecule has 1 aromatic carbocycles. The van der Waals surface area contributed by atoms with E-state index in [1.807, 2.05) is 35.7 Å². The number of pyridine rings is 1. The Kier molecular flexibility index (Phi) is 5.61. The summed E-state index contributed by atoms with van der Waals surface area (Å²) in [5.74, 6) is -0.103. The number of carbonyl (C=O) groups is 1. The molecule has 0 fully saturated rings. The minimum Gasteiger partial charge on any atom is -0.344 e. The molecule has 0 bridgehead atoms. The molecule has 0 aliphatic heterocycles. The molecule has 24 heavy (non-hydrogen) atoms. The van der Waals surface area contributed by atoms with Crippen molar-refractivity contribution in [1.82, 2.24) is 10.3 Å². The molecule has 3 nitrogen and oxygen atoms in total. The smallest absolute Gasteiger partial charge is 0.231 e. The summed E-state index contributed by atoms with van der Waals surface area (Å²) in [6, 6.07) is 15.4. The first-order valence-corrected chi connectivity index (χ1v) is 9.21. The minimum absolute atomic E-state index is 0.0895. The Hall–Kier alpha value is -2.18. The molecule has 3 rings (SSSR count). The van der Waals surface area contributed by atoms with Crippen molar-refractivity contribution in [2.75, 3.05) is 5.75 Å². The lowest BCUT2D eigenvalue weighted by Gasteiger charge is -2.18. The Balaban J connectivity index is 1.70. The highest BCUT2D eigenvalue weighted by Crippen LogP contribution is 2.26. The zero-order valence-electron chi connectivity index (χ0n) is 12.7. The van der Waals surface area contributed by atoms with Crippen LogP contribution >= 0.6 is 23.1 Å². The molecule has 1 atom stereocenters. The summed E-state index contributed by atoms with van der Waals surface area (Å²) in [4.78, 5) is 17.5. The van der Waals surface area contributed by atoms with Crippen LogP contribution in [0.5, 0.6) is 0 Å². The van der Waals surface area contributed by atoms with Gasteiger partial charge in [0.05, 0.1) is 16.8 Å². The number of halogens is 1. The quantitative estimate of drug-likeness (QED) is 0.669.